The molecule has 0 saturated carbocycles. The van der Waals surface area contributed by atoms with Crippen LogP contribution in [-0.4, -0.2) is 77.3 Å². The summed E-state index contributed by atoms with van der Waals surface area (Å²) in [4.78, 5) is 52.1. The Labute approximate surface area is 232 Å². The molecule has 12 heteroatoms. The number of carbonyl (C=O) groups excluding carboxylic acids is 4. The van der Waals surface area contributed by atoms with Gasteiger partial charge in [-0.15, -0.1) is 0 Å². The van der Waals surface area contributed by atoms with E-state index in [1.54, 1.807) is 45.0 Å². The second-order valence-electron chi connectivity index (χ2n) is 10.4. The highest BCUT2D eigenvalue weighted by molar-refractivity contribution is 5.97. The molecule has 3 N–H and O–H groups in total. The van der Waals surface area contributed by atoms with Crippen molar-refractivity contribution in [1.82, 2.24) is 15.5 Å². The number of nitrogens with one attached hydrogen (secondary N) is 2. The quantitative estimate of drug-likeness (QED) is 0.278. The molecule has 3 amide bonds. The van der Waals surface area contributed by atoms with E-state index in [0.717, 1.165) is 0 Å². The predicted octanol–water partition coefficient (Wildman–Crippen LogP) is 3.07. The van der Waals surface area contributed by atoms with Gasteiger partial charge < -0.3 is 25.4 Å². The van der Waals surface area contributed by atoms with Gasteiger partial charge in [0.25, 0.3) is 0 Å². The van der Waals surface area contributed by atoms with E-state index < -0.39 is 60.0 Å². The van der Waals surface area contributed by atoms with Gasteiger partial charge in [0.05, 0.1) is 18.2 Å². The van der Waals surface area contributed by atoms with Crippen molar-refractivity contribution in [2.45, 2.75) is 77.9 Å². The van der Waals surface area contributed by atoms with Crippen LogP contribution in [0.2, 0.25) is 0 Å². The number of rotatable bonds is 11. The number of nitrogens with zero attached hydrogens (tertiary/aromatic N) is 1. The molecule has 0 spiro atoms. The summed E-state index contributed by atoms with van der Waals surface area (Å²) in [6.45, 7) is 8.49. The normalized spacial score (nSPS) is 18.1. The SMILES string of the molecule is CCOC(=O)c1ccc(/C=C/C(=O)N[C@H](C(=O)N2CCC[C@H]2C(=O)NC(C(C)C)C(O)C(F)(F)F)C(C)C)cc1. The highest BCUT2D eigenvalue weighted by atomic mass is 19.4. The second kappa shape index (κ2) is 14.3. The van der Waals surface area contributed by atoms with Crippen LogP contribution in [0.5, 0.6) is 0 Å². The Bertz CT molecular complexity index is 1070. The fraction of sp³-hybridized carbons (Fsp3) is 0.571. The largest absolute Gasteiger partial charge is 0.462 e. The smallest absolute Gasteiger partial charge is 0.416 e. The van der Waals surface area contributed by atoms with E-state index in [1.807, 2.05) is 0 Å². The number of carbonyl (C=O) groups is 4. The molecular formula is C28H38F3N3O6. The van der Waals surface area contributed by atoms with E-state index in [-0.39, 0.29) is 25.5 Å². The average molecular weight is 570 g/mol. The summed E-state index contributed by atoms with van der Waals surface area (Å²) in [5.74, 6) is -3.40. The van der Waals surface area contributed by atoms with Gasteiger partial charge >= 0.3 is 12.1 Å². The van der Waals surface area contributed by atoms with Gasteiger partial charge in [0.15, 0.2) is 6.10 Å². The number of aliphatic hydroxyl groups is 1. The number of aliphatic hydroxyl groups excluding tert-OH is 1. The highest BCUT2D eigenvalue weighted by Crippen LogP contribution is 2.27. The molecule has 2 rings (SSSR count). The zero-order valence-corrected chi connectivity index (χ0v) is 23.3. The lowest BCUT2D eigenvalue weighted by Crippen LogP contribution is -2.59. The zero-order chi connectivity index (χ0) is 30.2. The molecule has 0 aliphatic carbocycles. The standard InChI is InChI=1S/C28H38F3N3O6/c1-6-40-27(39)19-12-9-18(10-13-19)11-14-21(35)32-23(17(4)5)26(38)34-15-7-8-20(34)25(37)33-22(16(2)3)24(36)28(29,30)31/h9-14,16-17,20,22-24,36H,6-8,15H2,1-5H3,(H,32,35)(H,33,37)/b14-11+/t20-,22?,23-,24?/m0/s1. The molecule has 0 aromatic heterocycles. The lowest BCUT2D eigenvalue weighted by molar-refractivity contribution is -0.215. The van der Waals surface area contributed by atoms with Crippen LogP contribution in [0.4, 0.5) is 13.2 Å². The van der Waals surface area contributed by atoms with Crippen molar-refractivity contribution in [1.29, 1.82) is 0 Å². The molecule has 9 nitrogen and oxygen atoms in total. The molecular weight excluding hydrogens is 531 g/mol. The van der Waals surface area contributed by atoms with Crippen molar-refractivity contribution in [3.63, 3.8) is 0 Å². The molecule has 1 aromatic carbocycles. The molecule has 1 aliphatic rings. The van der Waals surface area contributed by atoms with Crippen LogP contribution < -0.4 is 10.6 Å². The third kappa shape index (κ3) is 8.80. The number of halogens is 3. The molecule has 1 heterocycles. The number of hydrogen-bond acceptors (Lipinski definition) is 6. The number of esters is 1. The minimum Gasteiger partial charge on any atom is -0.462 e. The predicted molar refractivity (Wildman–Crippen MR) is 142 cm³/mol. The molecule has 4 atom stereocenters. The summed E-state index contributed by atoms with van der Waals surface area (Å²) in [7, 11) is 0. The van der Waals surface area contributed by atoms with Gasteiger partial charge in [-0.1, -0.05) is 39.8 Å². The van der Waals surface area contributed by atoms with E-state index >= 15 is 0 Å². The maximum absolute atomic E-state index is 13.4. The van der Waals surface area contributed by atoms with Gasteiger partial charge in [0, 0.05) is 12.6 Å². The van der Waals surface area contributed by atoms with Gasteiger partial charge in [-0.25, -0.2) is 4.79 Å². The molecule has 0 bridgehead atoms. The van der Waals surface area contributed by atoms with Crippen molar-refractivity contribution >= 4 is 29.8 Å². The number of likely N-dealkylation sites (tertiary alicyclic amines) is 1. The summed E-state index contributed by atoms with van der Waals surface area (Å²) >= 11 is 0. The van der Waals surface area contributed by atoms with E-state index in [1.165, 1.54) is 30.9 Å². The van der Waals surface area contributed by atoms with Crippen LogP contribution >= 0.6 is 0 Å². The molecule has 2 unspecified atom stereocenters. The Morgan fingerprint density at radius 2 is 1.70 bits per heavy atom. The Morgan fingerprint density at radius 1 is 1.07 bits per heavy atom. The molecule has 0 radical (unpaired) electrons. The van der Waals surface area contributed by atoms with Crippen LogP contribution in [0.25, 0.3) is 6.08 Å². The van der Waals surface area contributed by atoms with Crippen LogP contribution in [0.15, 0.2) is 30.3 Å². The molecule has 40 heavy (non-hydrogen) atoms. The molecule has 1 aliphatic heterocycles. The molecule has 1 fully saturated rings. The fourth-order valence-corrected chi connectivity index (χ4v) is 4.39. The average Bonchev–Trinajstić information content (AvgIpc) is 3.38. The van der Waals surface area contributed by atoms with Gasteiger partial charge in [0.1, 0.15) is 12.1 Å². The fourth-order valence-electron chi connectivity index (χ4n) is 4.39. The highest BCUT2D eigenvalue weighted by Gasteiger charge is 2.46. The van der Waals surface area contributed by atoms with Crippen LogP contribution in [0, 0.1) is 11.8 Å². The van der Waals surface area contributed by atoms with Crippen molar-refractivity contribution in [3.8, 4) is 0 Å². The second-order valence-corrected chi connectivity index (χ2v) is 10.4. The van der Waals surface area contributed by atoms with E-state index in [0.29, 0.717) is 17.5 Å². The number of benzene rings is 1. The summed E-state index contributed by atoms with van der Waals surface area (Å²) < 4.78 is 44.3. The molecule has 222 valence electrons. The summed E-state index contributed by atoms with van der Waals surface area (Å²) in [5, 5.41) is 14.7. The third-order valence-electron chi connectivity index (χ3n) is 6.62. The Kier molecular flexibility index (Phi) is 11.7. The van der Waals surface area contributed by atoms with E-state index in [9.17, 15) is 37.5 Å². The number of ether oxygens (including phenoxy) is 1. The minimum absolute atomic E-state index is 0.201. The Morgan fingerprint density at radius 3 is 2.23 bits per heavy atom. The maximum Gasteiger partial charge on any atom is 0.416 e. The first-order valence-corrected chi connectivity index (χ1v) is 13.3. The van der Waals surface area contributed by atoms with Crippen molar-refractivity contribution in [2.24, 2.45) is 11.8 Å². The van der Waals surface area contributed by atoms with Gasteiger partial charge in [0.2, 0.25) is 17.7 Å². The summed E-state index contributed by atoms with van der Waals surface area (Å²) in [6, 6.07) is 2.79. The van der Waals surface area contributed by atoms with Gasteiger partial charge in [-0.3, -0.25) is 14.4 Å². The van der Waals surface area contributed by atoms with Gasteiger partial charge in [-0.05, 0) is 55.4 Å². The zero-order valence-electron chi connectivity index (χ0n) is 23.3. The Hall–Kier alpha value is -3.41. The monoisotopic (exact) mass is 569 g/mol. The van der Waals surface area contributed by atoms with Crippen LogP contribution in [-0.2, 0) is 19.1 Å². The molecule has 1 saturated heterocycles. The minimum atomic E-state index is -4.92. The van der Waals surface area contributed by atoms with Crippen LogP contribution in [0.1, 0.15) is 63.4 Å². The summed E-state index contributed by atoms with van der Waals surface area (Å²) in [5.41, 5.74) is 0.999. The topological polar surface area (TPSA) is 125 Å². The van der Waals surface area contributed by atoms with Crippen molar-refractivity contribution in [2.75, 3.05) is 13.2 Å². The maximum atomic E-state index is 13.4. The lowest BCUT2D eigenvalue weighted by Gasteiger charge is -2.33. The first-order valence-electron chi connectivity index (χ1n) is 13.3. The first kappa shape index (κ1) is 32.8. The summed E-state index contributed by atoms with van der Waals surface area (Å²) in [6.07, 6.45) is -4.23. The van der Waals surface area contributed by atoms with E-state index in [4.69, 9.17) is 4.74 Å². The van der Waals surface area contributed by atoms with Crippen molar-refractivity contribution in [3.05, 3.63) is 41.5 Å². The van der Waals surface area contributed by atoms with Gasteiger partial charge in [-0.2, -0.15) is 13.2 Å². The number of hydrogen-bond donors (Lipinski definition) is 3. The number of amides is 3. The Balaban J connectivity index is 2.09. The van der Waals surface area contributed by atoms with E-state index in [2.05, 4.69) is 10.6 Å². The third-order valence-corrected chi connectivity index (χ3v) is 6.62. The molecule has 1 aromatic rings. The first-order chi connectivity index (χ1) is 18.7. The number of alkyl halides is 3. The van der Waals surface area contributed by atoms with Crippen molar-refractivity contribution < 1.29 is 42.2 Å². The lowest BCUT2D eigenvalue weighted by atomic mass is 9.97. The van der Waals surface area contributed by atoms with Crippen LogP contribution in [0.3, 0.4) is 0 Å².